The maximum atomic E-state index is 12.7. The van der Waals surface area contributed by atoms with E-state index in [1.165, 1.54) is 11.3 Å². The molecular weight excluding hydrogens is 334 g/mol. The van der Waals surface area contributed by atoms with Gasteiger partial charge in [0.2, 0.25) is 0 Å². The summed E-state index contributed by atoms with van der Waals surface area (Å²) in [5.41, 5.74) is 8.86. The van der Waals surface area contributed by atoms with Gasteiger partial charge < -0.3 is 10.7 Å². The minimum absolute atomic E-state index is 0.301. The number of amides is 1. The second-order valence-electron chi connectivity index (χ2n) is 5.45. The van der Waals surface area contributed by atoms with Crippen LogP contribution < -0.4 is 10.5 Å². The van der Waals surface area contributed by atoms with Crippen LogP contribution in [0.3, 0.4) is 0 Å². The molecule has 1 amide bonds. The van der Waals surface area contributed by atoms with Crippen LogP contribution in [-0.4, -0.2) is 20.4 Å². The molecule has 6 nitrogen and oxygen atoms in total. The topological polar surface area (TPSA) is 89.1 Å². The van der Waals surface area contributed by atoms with Crippen LogP contribution in [0, 0.1) is 0 Å². The van der Waals surface area contributed by atoms with Gasteiger partial charge in [0.1, 0.15) is 5.65 Å². The first kappa shape index (κ1) is 15.5. The summed E-state index contributed by atoms with van der Waals surface area (Å²) < 4.78 is 1.88. The second-order valence-corrected chi connectivity index (χ2v) is 6.32. The maximum absolute atomic E-state index is 12.7. The summed E-state index contributed by atoms with van der Waals surface area (Å²) in [7, 11) is 0. The number of hydrogen-bond acceptors (Lipinski definition) is 4. The summed E-state index contributed by atoms with van der Waals surface area (Å²) in [6.45, 7) is 0.465. The number of hydrogen-bond donors (Lipinski definition) is 2. The SMILES string of the molecule is NCc1cccc(-n2ccsc2=NC(=O)c2c[nH]c3ncccc23)c1. The van der Waals surface area contributed by atoms with E-state index in [2.05, 4.69) is 15.0 Å². The number of nitrogens with zero attached hydrogens (tertiary/aromatic N) is 3. The molecule has 124 valence electrons. The average Bonchev–Trinajstić information content (AvgIpc) is 3.28. The molecule has 0 unspecified atom stereocenters. The molecule has 0 fully saturated rings. The number of carbonyl (C=O) groups excluding carboxylic acids is 1. The maximum Gasteiger partial charge on any atom is 0.281 e. The minimum Gasteiger partial charge on any atom is -0.345 e. The van der Waals surface area contributed by atoms with Crippen molar-refractivity contribution in [3.8, 4) is 5.69 Å². The van der Waals surface area contributed by atoms with Crippen molar-refractivity contribution in [1.82, 2.24) is 14.5 Å². The summed E-state index contributed by atoms with van der Waals surface area (Å²) in [5.74, 6) is -0.301. The van der Waals surface area contributed by atoms with E-state index in [1.807, 2.05) is 46.5 Å². The zero-order valence-corrected chi connectivity index (χ0v) is 14.0. The standard InChI is InChI=1S/C18H15N5OS/c19-10-12-3-1-4-13(9-12)23-7-8-25-18(23)22-17(24)15-11-21-16-14(15)5-2-6-20-16/h1-9,11H,10,19H2,(H,20,21). The Morgan fingerprint density at radius 3 is 3.12 bits per heavy atom. The average molecular weight is 349 g/mol. The van der Waals surface area contributed by atoms with Gasteiger partial charge in [-0.1, -0.05) is 12.1 Å². The molecule has 3 heterocycles. The van der Waals surface area contributed by atoms with Crippen molar-refractivity contribution >= 4 is 28.3 Å². The smallest absolute Gasteiger partial charge is 0.281 e. The molecule has 25 heavy (non-hydrogen) atoms. The zero-order valence-electron chi connectivity index (χ0n) is 13.2. The molecule has 0 spiro atoms. The van der Waals surface area contributed by atoms with E-state index in [4.69, 9.17) is 5.73 Å². The molecule has 0 aliphatic carbocycles. The van der Waals surface area contributed by atoms with Crippen molar-refractivity contribution in [2.75, 3.05) is 0 Å². The first-order chi connectivity index (χ1) is 12.3. The Bertz CT molecular complexity index is 1120. The Balaban J connectivity index is 1.78. The number of nitrogens with one attached hydrogen (secondary N) is 1. The summed E-state index contributed by atoms with van der Waals surface area (Å²) >= 11 is 1.41. The molecule has 3 aromatic heterocycles. The Morgan fingerprint density at radius 2 is 2.24 bits per heavy atom. The third-order valence-corrected chi connectivity index (χ3v) is 4.65. The van der Waals surface area contributed by atoms with Crippen LogP contribution in [0.4, 0.5) is 0 Å². The highest BCUT2D eigenvalue weighted by Crippen LogP contribution is 2.16. The van der Waals surface area contributed by atoms with Crippen molar-refractivity contribution in [2.45, 2.75) is 6.54 Å². The zero-order chi connectivity index (χ0) is 17.2. The highest BCUT2D eigenvalue weighted by Gasteiger charge is 2.12. The lowest BCUT2D eigenvalue weighted by atomic mass is 10.2. The molecule has 0 atom stereocenters. The van der Waals surface area contributed by atoms with E-state index in [9.17, 15) is 4.79 Å². The molecule has 1 aromatic carbocycles. The van der Waals surface area contributed by atoms with Crippen molar-refractivity contribution in [3.05, 3.63) is 76.3 Å². The van der Waals surface area contributed by atoms with E-state index in [0.717, 1.165) is 16.6 Å². The second kappa shape index (κ2) is 6.46. The van der Waals surface area contributed by atoms with Gasteiger partial charge in [-0.05, 0) is 29.8 Å². The largest absolute Gasteiger partial charge is 0.345 e. The minimum atomic E-state index is -0.301. The molecule has 3 N–H and O–H groups in total. The Kier molecular flexibility index (Phi) is 4.01. The summed E-state index contributed by atoms with van der Waals surface area (Å²) in [5, 5.41) is 2.67. The molecular formula is C18H15N5OS. The number of H-pyrrole nitrogens is 1. The first-order valence-corrected chi connectivity index (χ1v) is 8.61. The fraction of sp³-hybridized carbons (Fsp3) is 0.0556. The molecule has 0 bridgehead atoms. The van der Waals surface area contributed by atoms with Crippen LogP contribution in [0.25, 0.3) is 16.7 Å². The number of thiazole rings is 1. The van der Waals surface area contributed by atoms with E-state index >= 15 is 0 Å². The van der Waals surface area contributed by atoms with E-state index < -0.39 is 0 Å². The summed E-state index contributed by atoms with van der Waals surface area (Å²) in [4.78, 5) is 24.8. The van der Waals surface area contributed by atoms with E-state index in [-0.39, 0.29) is 5.91 Å². The van der Waals surface area contributed by atoms with Gasteiger partial charge in [0.15, 0.2) is 4.80 Å². The molecule has 0 aliphatic rings. The third kappa shape index (κ3) is 2.90. The van der Waals surface area contributed by atoms with Crippen molar-refractivity contribution in [2.24, 2.45) is 10.7 Å². The lowest BCUT2D eigenvalue weighted by molar-refractivity contribution is 0.0999. The van der Waals surface area contributed by atoms with Crippen molar-refractivity contribution in [3.63, 3.8) is 0 Å². The lowest BCUT2D eigenvalue weighted by Crippen LogP contribution is -2.15. The predicted molar refractivity (Wildman–Crippen MR) is 97.5 cm³/mol. The Hall–Kier alpha value is -3.03. The van der Waals surface area contributed by atoms with Crippen LogP contribution >= 0.6 is 11.3 Å². The molecule has 4 rings (SSSR count). The Morgan fingerprint density at radius 1 is 1.32 bits per heavy atom. The van der Waals surface area contributed by atoms with Crippen LogP contribution in [0.5, 0.6) is 0 Å². The van der Waals surface area contributed by atoms with Crippen LogP contribution in [0.2, 0.25) is 0 Å². The lowest BCUT2D eigenvalue weighted by Gasteiger charge is -2.04. The van der Waals surface area contributed by atoms with Crippen molar-refractivity contribution < 1.29 is 4.79 Å². The summed E-state index contributed by atoms with van der Waals surface area (Å²) in [6, 6.07) is 11.5. The highest BCUT2D eigenvalue weighted by molar-refractivity contribution is 7.07. The fourth-order valence-corrected chi connectivity index (χ4v) is 3.38. The molecule has 0 saturated heterocycles. The number of pyridine rings is 1. The van der Waals surface area contributed by atoms with Crippen LogP contribution in [0.15, 0.2) is 65.4 Å². The van der Waals surface area contributed by atoms with Crippen molar-refractivity contribution in [1.29, 1.82) is 0 Å². The van der Waals surface area contributed by atoms with Crippen LogP contribution in [-0.2, 0) is 6.54 Å². The summed E-state index contributed by atoms with van der Waals surface area (Å²) in [6.07, 6.45) is 5.22. The Labute approximate surface area is 147 Å². The monoisotopic (exact) mass is 349 g/mol. The van der Waals surface area contributed by atoms with Gasteiger partial charge in [-0.3, -0.25) is 9.36 Å². The number of rotatable bonds is 3. The number of aromatic nitrogens is 3. The van der Waals surface area contributed by atoms with Gasteiger partial charge >= 0.3 is 0 Å². The molecule has 4 aromatic rings. The highest BCUT2D eigenvalue weighted by atomic mass is 32.1. The number of fused-ring (bicyclic) bond motifs is 1. The van der Waals surface area contributed by atoms with Crippen LogP contribution in [0.1, 0.15) is 15.9 Å². The van der Waals surface area contributed by atoms with Gasteiger partial charge in [-0.15, -0.1) is 11.3 Å². The fourth-order valence-electron chi connectivity index (χ4n) is 2.66. The number of nitrogens with two attached hydrogens (primary N) is 1. The van der Waals surface area contributed by atoms with Gasteiger partial charge in [-0.2, -0.15) is 4.99 Å². The molecule has 7 heteroatoms. The molecule has 0 aliphatic heterocycles. The van der Waals surface area contributed by atoms with E-state index in [0.29, 0.717) is 22.6 Å². The van der Waals surface area contributed by atoms with Gasteiger partial charge in [-0.25, -0.2) is 4.98 Å². The van der Waals surface area contributed by atoms with E-state index in [1.54, 1.807) is 18.5 Å². The molecule has 0 radical (unpaired) electrons. The number of carbonyl (C=O) groups is 1. The number of aromatic amines is 1. The molecule has 0 saturated carbocycles. The quantitative estimate of drug-likeness (QED) is 0.596. The van der Waals surface area contributed by atoms with Gasteiger partial charge in [0.25, 0.3) is 5.91 Å². The number of benzene rings is 1. The first-order valence-electron chi connectivity index (χ1n) is 7.73. The van der Waals surface area contributed by atoms with Gasteiger partial charge in [0, 0.05) is 41.6 Å². The third-order valence-electron chi connectivity index (χ3n) is 3.89. The predicted octanol–water partition coefficient (Wildman–Crippen LogP) is 2.61. The van der Waals surface area contributed by atoms with Gasteiger partial charge in [0.05, 0.1) is 5.56 Å². The normalized spacial score (nSPS) is 12.0.